The predicted octanol–water partition coefficient (Wildman–Crippen LogP) is 5.69. The summed E-state index contributed by atoms with van der Waals surface area (Å²) in [6.45, 7) is 8.09. The van der Waals surface area contributed by atoms with Crippen LogP contribution in [0.5, 0.6) is 11.5 Å². The van der Waals surface area contributed by atoms with Gasteiger partial charge in [0, 0.05) is 0 Å². The van der Waals surface area contributed by atoms with Crippen molar-refractivity contribution >= 4 is 29.7 Å². The molecule has 2 aromatic carbocycles. The Morgan fingerprint density at radius 2 is 1.18 bits per heavy atom. The van der Waals surface area contributed by atoms with Gasteiger partial charge in [-0.05, 0) is 73.9 Å². The lowest BCUT2D eigenvalue weighted by molar-refractivity contribution is 0.502. The van der Waals surface area contributed by atoms with Crippen LogP contribution in [0, 0.1) is 27.7 Å². The maximum Gasteiger partial charge on any atom is 0.345 e. The molecule has 2 rings (SSSR count). The Morgan fingerprint density at radius 3 is 1.55 bits per heavy atom. The summed E-state index contributed by atoms with van der Waals surface area (Å²) >= 11 is 9.90. The van der Waals surface area contributed by atoms with Crippen molar-refractivity contribution in [1.82, 2.24) is 6.15 Å². The molecule has 120 valence electrons. The van der Waals surface area contributed by atoms with E-state index in [0.717, 1.165) is 33.8 Å². The second-order valence-electron chi connectivity index (χ2n) is 5.05. The molecule has 0 heterocycles. The quantitative estimate of drug-likeness (QED) is 0.546. The first-order chi connectivity index (χ1) is 9.80. The van der Waals surface area contributed by atoms with Crippen molar-refractivity contribution in [2.45, 2.75) is 27.7 Å². The van der Waals surface area contributed by atoms with Gasteiger partial charge in [-0.15, -0.1) is 0 Å². The highest BCUT2D eigenvalue weighted by Crippen LogP contribution is 2.54. The van der Waals surface area contributed by atoms with E-state index >= 15 is 0 Å². The van der Waals surface area contributed by atoms with Crippen molar-refractivity contribution in [3.05, 3.63) is 58.7 Å². The van der Waals surface area contributed by atoms with E-state index in [1.165, 1.54) is 0 Å². The summed E-state index contributed by atoms with van der Waals surface area (Å²) in [5, 5.41) is 0. The van der Waals surface area contributed by atoms with Crippen LogP contribution < -0.4 is 15.2 Å². The molecule has 2 aromatic rings. The fourth-order valence-electron chi connectivity index (χ4n) is 1.91. The largest absolute Gasteiger partial charge is 0.428 e. The number of rotatable bonds is 4. The Hall–Kier alpha value is -1.00. The molecule has 0 aliphatic heterocycles. The summed E-state index contributed by atoms with van der Waals surface area (Å²) in [4.78, 5) is 0. The maximum absolute atomic E-state index is 5.88. The standard InChI is InChI=1S/C16H19O2PS2.H3N/c1-11-7-5-9-15(13(11)3)17-19(20,21)18-16-10-6-8-12(2)14(16)4;/h5-10H,1-4H3,(H,20,21);1H3. The molecule has 3 nitrogen and oxygen atoms in total. The van der Waals surface area contributed by atoms with E-state index in [1.54, 1.807) is 0 Å². The van der Waals surface area contributed by atoms with Crippen LogP contribution in [-0.4, -0.2) is 0 Å². The van der Waals surface area contributed by atoms with Crippen molar-refractivity contribution in [1.29, 1.82) is 0 Å². The van der Waals surface area contributed by atoms with Crippen LogP contribution in [-0.2, 0) is 11.8 Å². The average Bonchev–Trinajstić information content (AvgIpc) is 2.40. The van der Waals surface area contributed by atoms with Gasteiger partial charge >= 0.3 is 5.69 Å². The second-order valence-corrected chi connectivity index (χ2v) is 10.2. The highest BCUT2D eigenvalue weighted by atomic mass is 32.9. The van der Waals surface area contributed by atoms with E-state index in [2.05, 4.69) is 12.2 Å². The number of aryl methyl sites for hydroxylation is 2. The smallest absolute Gasteiger partial charge is 0.345 e. The molecule has 0 aliphatic rings. The summed E-state index contributed by atoms with van der Waals surface area (Å²) in [5.41, 5.74) is 1.73. The summed E-state index contributed by atoms with van der Waals surface area (Å²) in [5.74, 6) is 1.47. The predicted molar refractivity (Wildman–Crippen MR) is 101 cm³/mol. The van der Waals surface area contributed by atoms with Crippen molar-refractivity contribution in [3.8, 4) is 11.5 Å². The van der Waals surface area contributed by atoms with Gasteiger partial charge in [-0.25, -0.2) is 0 Å². The highest BCUT2D eigenvalue weighted by Gasteiger charge is 2.19. The van der Waals surface area contributed by atoms with Gasteiger partial charge in [0.2, 0.25) is 0 Å². The van der Waals surface area contributed by atoms with Gasteiger partial charge in [-0.2, -0.15) is 0 Å². The van der Waals surface area contributed by atoms with Gasteiger partial charge in [0.05, 0.1) is 0 Å². The fourth-order valence-corrected chi connectivity index (χ4v) is 3.85. The number of hydrogen-bond donors (Lipinski definition) is 2. The van der Waals surface area contributed by atoms with Crippen LogP contribution in [0.3, 0.4) is 0 Å². The van der Waals surface area contributed by atoms with Gasteiger partial charge in [0.1, 0.15) is 11.5 Å². The molecule has 6 heteroatoms. The first-order valence-electron chi connectivity index (χ1n) is 6.64. The second kappa shape index (κ2) is 7.51. The van der Waals surface area contributed by atoms with Crippen LogP contribution >= 0.6 is 17.9 Å². The minimum Gasteiger partial charge on any atom is -0.428 e. The van der Waals surface area contributed by atoms with Crippen molar-refractivity contribution in [2.24, 2.45) is 0 Å². The van der Waals surface area contributed by atoms with Gasteiger partial charge in [-0.1, -0.05) is 36.5 Å². The molecule has 0 unspecified atom stereocenters. The molecule has 0 aromatic heterocycles. The number of hydrogen-bond acceptors (Lipinski definition) is 4. The molecule has 22 heavy (non-hydrogen) atoms. The zero-order valence-electron chi connectivity index (χ0n) is 13.3. The Labute approximate surface area is 143 Å². The minimum absolute atomic E-state index is 0. The Bertz CT molecular complexity index is 662. The summed E-state index contributed by atoms with van der Waals surface area (Å²) < 4.78 is 11.8. The molecule has 0 bridgehead atoms. The molecule has 0 spiro atoms. The molecule has 3 N–H and O–H groups in total. The molecule has 0 saturated carbocycles. The van der Waals surface area contributed by atoms with E-state index in [1.807, 2.05) is 64.1 Å². The zero-order valence-corrected chi connectivity index (χ0v) is 15.9. The topological polar surface area (TPSA) is 53.5 Å². The number of benzene rings is 2. The van der Waals surface area contributed by atoms with Gasteiger partial charge in [0.15, 0.2) is 0 Å². The number of thiol groups is 1. The van der Waals surface area contributed by atoms with Crippen molar-refractivity contribution < 1.29 is 9.05 Å². The molecule has 0 aliphatic carbocycles. The minimum atomic E-state index is -2.70. The third-order valence-corrected chi connectivity index (χ3v) is 5.33. The van der Waals surface area contributed by atoms with E-state index in [9.17, 15) is 0 Å². The summed E-state index contributed by atoms with van der Waals surface area (Å²) in [6, 6.07) is 11.8. The van der Waals surface area contributed by atoms with Gasteiger partial charge in [-0.3, -0.25) is 0 Å². The van der Waals surface area contributed by atoms with Crippen LogP contribution in [0.4, 0.5) is 0 Å². The summed E-state index contributed by atoms with van der Waals surface area (Å²) in [6.07, 6.45) is 0. The van der Waals surface area contributed by atoms with E-state index in [-0.39, 0.29) is 6.15 Å². The Balaban J connectivity index is 0.00000242. The Morgan fingerprint density at radius 1 is 0.818 bits per heavy atom. The van der Waals surface area contributed by atoms with Crippen LogP contribution in [0.1, 0.15) is 22.3 Å². The molecule has 0 fully saturated rings. The molecule has 0 atom stereocenters. The molecule has 0 radical (unpaired) electrons. The molecule has 0 saturated heterocycles. The highest BCUT2D eigenvalue weighted by molar-refractivity contribution is 8.60. The van der Waals surface area contributed by atoms with E-state index in [0.29, 0.717) is 0 Å². The Kier molecular flexibility index (Phi) is 6.50. The zero-order chi connectivity index (χ0) is 15.6. The van der Waals surface area contributed by atoms with Gasteiger partial charge in [0.25, 0.3) is 0 Å². The third-order valence-electron chi connectivity index (χ3n) is 3.54. The van der Waals surface area contributed by atoms with Crippen molar-refractivity contribution in [2.75, 3.05) is 0 Å². The third kappa shape index (κ3) is 4.50. The van der Waals surface area contributed by atoms with Crippen LogP contribution in [0.25, 0.3) is 0 Å². The average molecular weight is 355 g/mol. The van der Waals surface area contributed by atoms with Gasteiger partial charge < -0.3 is 15.2 Å². The molecular formula is C16H22NO2PS2. The normalized spacial score (nSPS) is 10.8. The fraction of sp³-hybridized carbons (Fsp3) is 0.250. The molecular weight excluding hydrogens is 333 g/mol. The lowest BCUT2D eigenvalue weighted by atomic mass is 10.1. The lowest BCUT2D eigenvalue weighted by Crippen LogP contribution is -1.99. The lowest BCUT2D eigenvalue weighted by Gasteiger charge is -2.21. The first kappa shape index (κ1) is 19.0. The van der Waals surface area contributed by atoms with E-state index < -0.39 is 5.69 Å². The SMILES string of the molecule is Cc1cccc(OP(=S)(S)Oc2cccc(C)c2C)c1C.N. The van der Waals surface area contributed by atoms with Crippen molar-refractivity contribution in [3.63, 3.8) is 0 Å². The maximum atomic E-state index is 5.88. The molecule has 0 amide bonds. The first-order valence-corrected chi connectivity index (χ1v) is 10.4. The monoisotopic (exact) mass is 355 g/mol. The summed E-state index contributed by atoms with van der Waals surface area (Å²) in [7, 11) is 0. The van der Waals surface area contributed by atoms with E-state index in [4.69, 9.17) is 20.9 Å². The van der Waals surface area contributed by atoms with Crippen LogP contribution in [0.15, 0.2) is 36.4 Å². The van der Waals surface area contributed by atoms with Crippen LogP contribution in [0.2, 0.25) is 0 Å².